The van der Waals surface area contributed by atoms with Crippen molar-refractivity contribution in [2.75, 3.05) is 0 Å². The van der Waals surface area contributed by atoms with Crippen molar-refractivity contribution in [1.29, 1.82) is 10.5 Å². The van der Waals surface area contributed by atoms with Gasteiger partial charge in [0.05, 0.1) is 0 Å². The quantitative estimate of drug-likeness (QED) is 0.531. The Balaban J connectivity index is 2.11. The molecular weight excluding hydrogens is 256 g/mol. The average Bonchev–Trinajstić information content (AvgIpc) is 2.75. The molecule has 0 aliphatic heterocycles. The molecule has 0 amide bonds. The number of nitrogens with zero attached hydrogens (tertiary/aromatic N) is 2. The van der Waals surface area contributed by atoms with Crippen molar-refractivity contribution in [3.05, 3.63) is 59.3 Å². The number of hydrogen-bond donors (Lipinski definition) is 0. The fraction of sp³-hybridized carbons (Fsp3) is 0.368. The molecule has 0 aromatic rings. The molecule has 2 rings (SSSR count). The number of nitriles is 2. The Morgan fingerprint density at radius 2 is 1.62 bits per heavy atom. The molecule has 1 saturated carbocycles. The molecule has 0 bridgehead atoms. The van der Waals surface area contributed by atoms with Crippen molar-refractivity contribution >= 4 is 0 Å². The van der Waals surface area contributed by atoms with Crippen molar-refractivity contribution in [2.45, 2.75) is 38.5 Å². The highest BCUT2D eigenvalue weighted by atomic mass is 14.3. The zero-order valence-corrected chi connectivity index (χ0v) is 12.3. The zero-order valence-electron chi connectivity index (χ0n) is 12.3. The lowest BCUT2D eigenvalue weighted by molar-refractivity contribution is 0.540. The monoisotopic (exact) mass is 276 g/mol. The lowest BCUT2D eigenvalue weighted by atomic mass is 9.90. The van der Waals surface area contributed by atoms with E-state index >= 15 is 0 Å². The maximum atomic E-state index is 8.80. The predicted molar refractivity (Wildman–Crippen MR) is 84.9 cm³/mol. The minimum Gasteiger partial charge on any atom is -0.192 e. The van der Waals surface area contributed by atoms with Gasteiger partial charge in [-0.1, -0.05) is 62.1 Å². The minimum atomic E-state index is 0.132. The highest BCUT2D eigenvalue weighted by molar-refractivity contribution is 5.48. The highest BCUT2D eigenvalue weighted by Crippen LogP contribution is 2.30. The molecule has 0 radical (unpaired) electrons. The van der Waals surface area contributed by atoms with Crippen molar-refractivity contribution in [3.63, 3.8) is 0 Å². The lowest BCUT2D eigenvalue weighted by Crippen LogP contribution is -2.01. The normalized spacial score (nSPS) is 23.1. The first-order valence-electron chi connectivity index (χ1n) is 7.62. The van der Waals surface area contributed by atoms with Crippen molar-refractivity contribution in [1.82, 2.24) is 0 Å². The van der Waals surface area contributed by atoms with E-state index in [1.807, 2.05) is 36.4 Å². The third-order valence-corrected chi connectivity index (χ3v) is 4.03. The number of hydrogen-bond acceptors (Lipinski definition) is 2. The van der Waals surface area contributed by atoms with E-state index in [2.05, 4.69) is 12.2 Å². The molecule has 21 heavy (non-hydrogen) atoms. The van der Waals surface area contributed by atoms with E-state index in [1.165, 1.54) is 44.1 Å². The van der Waals surface area contributed by atoms with E-state index in [1.54, 1.807) is 6.08 Å². The molecule has 0 N–H and O–H groups in total. The van der Waals surface area contributed by atoms with Crippen LogP contribution in [-0.4, -0.2) is 0 Å². The van der Waals surface area contributed by atoms with Gasteiger partial charge in [0, 0.05) is 0 Å². The molecule has 2 aliphatic carbocycles. The molecule has 0 aromatic carbocycles. The molecule has 0 saturated heterocycles. The summed E-state index contributed by atoms with van der Waals surface area (Å²) in [4.78, 5) is 0. The van der Waals surface area contributed by atoms with Gasteiger partial charge in [0.1, 0.15) is 17.7 Å². The standard InChI is InChI=1S/C19H20N2/c20-14-17(15-21)13-16-7-5-11-19(12-6-8-16)18-9-3-1-2-4-10-18/h5-8,11-13,18H,1-4,9-10H2/b7-5?,8-6?,11-5-,12-6?,16-7?,16-8?,19-11?,19-12+. The summed E-state index contributed by atoms with van der Waals surface area (Å²) in [6.45, 7) is 0. The molecular formula is C19H20N2. The van der Waals surface area contributed by atoms with Crippen LogP contribution in [0.5, 0.6) is 0 Å². The summed E-state index contributed by atoms with van der Waals surface area (Å²) in [5, 5.41) is 17.6. The Hall–Kier alpha value is -2.32. The first-order chi connectivity index (χ1) is 10.3. The SMILES string of the molecule is N#CC(C#N)=CC1=C/C=C\C(C2CCCCCC2)=C/C=C1. The van der Waals surface area contributed by atoms with E-state index in [0.29, 0.717) is 5.92 Å². The first kappa shape index (κ1) is 15.1. The summed E-state index contributed by atoms with van der Waals surface area (Å²) in [7, 11) is 0. The van der Waals surface area contributed by atoms with E-state index < -0.39 is 0 Å². The Bertz CT molecular complexity index is 576. The first-order valence-corrected chi connectivity index (χ1v) is 7.62. The summed E-state index contributed by atoms with van der Waals surface area (Å²) in [6.07, 6.45) is 21.9. The van der Waals surface area contributed by atoms with Crippen LogP contribution in [-0.2, 0) is 0 Å². The van der Waals surface area contributed by atoms with E-state index in [0.717, 1.165) is 5.57 Å². The smallest absolute Gasteiger partial charge is 0.130 e. The number of rotatable bonds is 2. The molecule has 1 fully saturated rings. The van der Waals surface area contributed by atoms with Crippen LogP contribution in [0.1, 0.15) is 38.5 Å². The Morgan fingerprint density at radius 1 is 0.952 bits per heavy atom. The summed E-state index contributed by atoms with van der Waals surface area (Å²) >= 11 is 0. The van der Waals surface area contributed by atoms with Crippen molar-refractivity contribution < 1.29 is 0 Å². The fourth-order valence-corrected chi connectivity index (χ4v) is 2.89. The summed E-state index contributed by atoms with van der Waals surface area (Å²) in [5.41, 5.74) is 2.40. The Kier molecular flexibility index (Phi) is 5.80. The minimum absolute atomic E-state index is 0.132. The van der Waals surface area contributed by atoms with Crippen molar-refractivity contribution in [3.8, 4) is 12.1 Å². The van der Waals surface area contributed by atoms with E-state index in [4.69, 9.17) is 10.5 Å². The number of allylic oxidation sites excluding steroid dienone is 10. The molecule has 2 nitrogen and oxygen atoms in total. The van der Waals surface area contributed by atoms with Crippen LogP contribution in [0.15, 0.2) is 59.3 Å². The van der Waals surface area contributed by atoms with Crippen LogP contribution < -0.4 is 0 Å². The van der Waals surface area contributed by atoms with Gasteiger partial charge in [-0.3, -0.25) is 0 Å². The summed E-state index contributed by atoms with van der Waals surface area (Å²) in [5.74, 6) is 0.674. The van der Waals surface area contributed by atoms with Crippen molar-refractivity contribution in [2.24, 2.45) is 5.92 Å². The van der Waals surface area contributed by atoms with Gasteiger partial charge in [-0.05, 0) is 36.0 Å². The molecule has 0 heterocycles. The van der Waals surface area contributed by atoms with Gasteiger partial charge in [0.25, 0.3) is 0 Å². The van der Waals surface area contributed by atoms with Crippen LogP contribution in [0.4, 0.5) is 0 Å². The van der Waals surface area contributed by atoms with Gasteiger partial charge < -0.3 is 0 Å². The maximum absolute atomic E-state index is 8.80. The predicted octanol–water partition coefficient (Wildman–Crippen LogP) is 4.91. The third-order valence-electron chi connectivity index (χ3n) is 4.03. The van der Waals surface area contributed by atoms with Gasteiger partial charge >= 0.3 is 0 Å². The molecule has 0 aromatic heterocycles. The van der Waals surface area contributed by atoms with Crippen LogP contribution in [0.2, 0.25) is 0 Å². The van der Waals surface area contributed by atoms with Gasteiger partial charge in [-0.2, -0.15) is 10.5 Å². The van der Waals surface area contributed by atoms with Crippen LogP contribution >= 0.6 is 0 Å². The van der Waals surface area contributed by atoms with Gasteiger partial charge in [0.15, 0.2) is 0 Å². The fourth-order valence-electron chi connectivity index (χ4n) is 2.89. The molecule has 0 spiro atoms. The average molecular weight is 276 g/mol. The Morgan fingerprint density at radius 3 is 2.29 bits per heavy atom. The van der Waals surface area contributed by atoms with Gasteiger partial charge in [0.2, 0.25) is 0 Å². The molecule has 2 heteroatoms. The van der Waals surface area contributed by atoms with Gasteiger partial charge in [-0.15, -0.1) is 0 Å². The topological polar surface area (TPSA) is 47.6 Å². The summed E-state index contributed by atoms with van der Waals surface area (Å²) in [6, 6.07) is 3.78. The highest BCUT2D eigenvalue weighted by Gasteiger charge is 2.14. The lowest BCUT2D eigenvalue weighted by Gasteiger charge is -2.15. The third kappa shape index (κ3) is 4.62. The molecule has 106 valence electrons. The molecule has 0 atom stereocenters. The second-order valence-corrected chi connectivity index (χ2v) is 5.52. The Labute approximate surface area is 127 Å². The second kappa shape index (κ2) is 8.08. The molecule has 2 aliphatic rings. The van der Waals surface area contributed by atoms with Crippen LogP contribution in [0, 0.1) is 28.6 Å². The second-order valence-electron chi connectivity index (χ2n) is 5.52. The van der Waals surface area contributed by atoms with E-state index in [-0.39, 0.29) is 5.57 Å². The van der Waals surface area contributed by atoms with E-state index in [9.17, 15) is 0 Å². The molecule has 0 unspecified atom stereocenters. The largest absolute Gasteiger partial charge is 0.192 e. The maximum Gasteiger partial charge on any atom is 0.130 e. The zero-order chi connectivity index (χ0) is 14.9. The summed E-state index contributed by atoms with van der Waals surface area (Å²) < 4.78 is 0. The van der Waals surface area contributed by atoms with Gasteiger partial charge in [-0.25, -0.2) is 0 Å². The van der Waals surface area contributed by atoms with Crippen LogP contribution in [0.25, 0.3) is 0 Å². The van der Waals surface area contributed by atoms with Crippen LogP contribution in [0.3, 0.4) is 0 Å².